The molecule has 0 aromatic heterocycles. The number of likely N-dealkylation sites (tertiary alicyclic amines) is 1. The van der Waals surface area contributed by atoms with Crippen LogP contribution in [0.3, 0.4) is 0 Å². The van der Waals surface area contributed by atoms with Crippen LogP contribution in [0.5, 0.6) is 0 Å². The van der Waals surface area contributed by atoms with Gasteiger partial charge < -0.3 is 25.4 Å². The summed E-state index contributed by atoms with van der Waals surface area (Å²) in [4.78, 5) is 49.9. The standard InChI is InChI=1S/C18H29N3O6/c1-4-8-19-15(22)13-14(27-13)16(23)20-12(10(3)5-2)17(24)21-9-6-7-11(21)18(25)26/h10-14H,4-9H2,1-3H3,(H,19,22)(H,20,23)(H,25,26)/t10-,11+,12-,13+,14-/m0/s1. The first-order chi connectivity index (χ1) is 12.8. The van der Waals surface area contributed by atoms with Gasteiger partial charge in [-0.15, -0.1) is 0 Å². The Kier molecular flexibility index (Phi) is 7.18. The summed E-state index contributed by atoms with van der Waals surface area (Å²) >= 11 is 0. The van der Waals surface area contributed by atoms with Crippen molar-refractivity contribution in [2.24, 2.45) is 5.92 Å². The fraction of sp³-hybridized carbons (Fsp3) is 0.778. The molecular formula is C18H29N3O6. The van der Waals surface area contributed by atoms with Crippen LogP contribution in [0, 0.1) is 5.92 Å². The van der Waals surface area contributed by atoms with Crippen molar-refractivity contribution in [3.05, 3.63) is 0 Å². The molecule has 9 nitrogen and oxygen atoms in total. The monoisotopic (exact) mass is 383 g/mol. The molecule has 2 aliphatic rings. The Hall–Kier alpha value is -2.16. The Morgan fingerprint density at radius 1 is 1.19 bits per heavy atom. The lowest BCUT2D eigenvalue weighted by molar-refractivity contribution is -0.150. The van der Waals surface area contributed by atoms with Crippen molar-refractivity contribution in [2.45, 2.75) is 70.7 Å². The number of carboxylic acids is 1. The van der Waals surface area contributed by atoms with Gasteiger partial charge in [0.05, 0.1) is 0 Å². The molecule has 2 rings (SSSR count). The van der Waals surface area contributed by atoms with Crippen LogP contribution in [0.1, 0.15) is 46.5 Å². The number of hydrogen-bond acceptors (Lipinski definition) is 5. The number of amides is 3. The highest BCUT2D eigenvalue weighted by molar-refractivity contribution is 5.97. The van der Waals surface area contributed by atoms with Crippen LogP contribution < -0.4 is 10.6 Å². The van der Waals surface area contributed by atoms with Gasteiger partial charge in [-0.3, -0.25) is 14.4 Å². The zero-order valence-corrected chi connectivity index (χ0v) is 16.1. The average Bonchev–Trinajstić information content (AvgIpc) is 3.30. The zero-order valence-electron chi connectivity index (χ0n) is 16.1. The Morgan fingerprint density at radius 3 is 2.44 bits per heavy atom. The predicted octanol–water partition coefficient (Wildman–Crippen LogP) is -0.113. The molecule has 0 aliphatic carbocycles. The number of carboxylic acid groups (broad SMARTS) is 1. The lowest BCUT2D eigenvalue weighted by Gasteiger charge is -2.30. The summed E-state index contributed by atoms with van der Waals surface area (Å²) in [7, 11) is 0. The minimum atomic E-state index is -1.03. The quantitative estimate of drug-likeness (QED) is 0.477. The molecule has 2 aliphatic heterocycles. The second-order valence-electron chi connectivity index (χ2n) is 7.17. The van der Waals surface area contributed by atoms with Gasteiger partial charge in [-0.1, -0.05) is 27.2 Å². The van der Waals surface area contributed by atoms with Crippen molar-refractivity contribution in [3.63, 3.8) is 0 Å². The molecule has 0 saturated carbocycles. The molecule has 3 N–H and O–H groups in total. The zero-order chi connectivity index (χ0) is 20.1. The van der Waals surface area contributed by atoms with E-state index < -0.39 is 42.1 Å². The number of aliphatic carboxylic acids is 1. The Labute approximate surface area is 158 Å². The van der Waals surface area contributed by atoms with Crippen LogP contribution in [-0.2, 0) is 23.9 Å². The van der Waals surface area contributed by atoms with Crippen LogP contribution >= 0.6 is 0 Å². The summed E-state index contributed by atoms with van der Waals surface area (Å²) in [5.41, 5.74) is 0. The molecule has 0 radical (unpaired) electrons. The number of nitrogens with zero attached hydrogens (tertiary/aromatic N) is 1. The van der Waals surface area contributed by atoms with Gasteiger partial charge in [0.25, 0.3) is 11.8 Å². The van der Waals surface area contributed by atoms with Gasteiger partial charge in [-0.05, 0) is 25.2 Å². The molecule has 152 valence electrons. The van der Waals surface area contributed by atoms with Gasteiger partial charge in [0.2, 0.25) is 5.91 Å². The van der Waals surface area contributed by atoms with Gasteiger partial charge in [-0.25, -0.2) is 4.79 Å². The summed E-state index contributed by atoms with van der Waals surface area (Å²) in [6, 6.07) is -1.70. The predicted molar refractivity (Wildman–Crippen MR) is 95.7 cm³/mol. The van der Waals surface area contributed by atoms with Crippen LogP contribution in [0.4, 0.5) is 0 Å². The van der Waals surface area contributed by atoms with E-state index in [0.29, 0.717) is 32.4 Å². The first kappa shape index (κ1) is 21.1. The Morgan fingerprint density at radius 2 is 1.85 bits per heavy atom. The third-order valence-corrected chi connectivity index (χ3v) is 5.16. The molecule has 9 heteroatoms. The summed E-state index contributed by atoms with van der Waals surface area (Å²) in [6.07, 6.45) is 0.704. The van der Waals surface area contributed by atoms with Gasteiger partial charge >= 0.3 is 5.97 Å². The summed E-state index contributed by atoms with van der Waals surface area (Å²) < 4.78 is 5.17. The lowest BCUT2D eigenvalue weighted by atomic mass is 9.97. The molecule has 0 aromatic carbocycles. The number of rotatable bonds is 9. The largest absolute Gasteiger partial charge is 0.480 e. The van der Waals surface area contributed by atoms with E-state index in [9.17, 15) is 24.3 Å². The Bertz CT molecular complexity index is 596. The molecule has 3 amide bonds. The highest BCUT2D eigenvalue weighted by Crippen LogP contribution is 2.25. The van der Waals surface area contributed by atoms with Crippen LogP contribution in [-0.4, -0.2) is 71.1 Å². The van der Waals surface area contributed by atoms with E-state index >= 15 is 0 Å². The third kappa shape index (κ3) is 4.97. The summed E-state index contributed by atoms with van der Waals surface area (Å²) in [6.45, 7) is 6.51. The number of nitrogens with one attached hydrogen (secondary N) is 2. The smallest absolute Gasteiger partial charge is 0.326 e. The topological polar surface area (TPSA) is 128 Å². The molecule has 2 fully saturated rings. The molecule has 0 aromatic rings. The molecule has 0 spiro atoms. The SMILES string of the molecule is CCCNC(=O)[C@@H]1O[C@@H]1C(=O)N[C@H](C(=O)N1CCC[C@@H]1C(=O)O)[C@@H](C)CC. The highest BCUT2D eigenvalue weighted by Gasteiger charge is 2.51. The van der Waals surface area contributed by atoms with Crippen molar-refractivity contribution >= 4 is 23.7 Å². The van der Waals surface area contributed by atoms with Gasteiger partial charge in [0, 0.05) is 13.1 Å². The molecule has 0 unspecified atom stereocenters. The Balaban J connectivity index is 2.01. The van der Waals surface area contributed by atoms with Crippen molar-refractivity contribution in [1.82, 2.24) is 15.5 Å². The molecule has 5 atom stereocenters. The van der Waals surface area contributed by atoms with E-state index in [-0.39, 0.29) is 11.8 Å². The number of epoxide rings is 1. The van der Waals surface area contributed by atoms with Crippen molar-refractivity contribution < 1.29 is 29.0 Å². The van der Waals surface area contributed by atoms with Gasteiger partial charge in [0.15, 0.2) is 12.2 Å². The van der Waals surface area contributed by atoms with E-state index in [4.69, 9.17) is 4.74 Å². The molecular weight excluding hydrogens is 354 g/mol. The van der Waals surface area contributed by atoms with E-state index in [2.05, 4.69) is 10.6 Å². The minimum absolute atomic E-state index is 0.178. The van der Waals surface area contributed by atoms with E-state index in [1.807, 2.05) is 20.8 Å². The second kappa shape index (κ2) is 9.16. The first-order valence-corrected chi connectivity index (χ1v) is 9.58. The van der Waals surface area contributed by atoms with E-state index in [0.717, 1.165) is 6.42 Å². The molecule has 2 heterocycles. The molecule has 0 bridgehead atoms. The average molecular weight is 383 g/mol. The normalized spacial score (nSPS) is 26.2. The first-order valence-electron chi connectivity index (χ1n) is 9.58. The lowest BCUT2D eigenvalue weighted by Crippen LogP contribution is -2.55. The van der Waals surface area contributed by atoms with Crippen LogP contribution in [0.15, 0.2) is 0 Å². The van der Waals surface area contributed by atoms with E-state index in [1.165, 1.54) is 4.90 Å². The number of ether oxygens (including phenoxy) is 1. The van der Waals surface area contributed by atoms with Gasteiger partial charge in [-0.2, -0.15) is 0 Å². The summed E-state index contributed by atoms with van der Waals surface area (Å²) in [5.74, 6) is -2.46. The van der Waals surface area contributed by atoms with Crippen molar-refractivity contribution in [1.29, 1.82) is 0 Å². The third-order valence-electron chi connectivity index (χ3n) is 5.16. The maximum atomic E-state index is 12.9. The number of carbonyl (C=O) groups excluding carboxylic acids is 3. The molecule has 27 heavy (non-hydrogen) atoms. The fourth-order valence-corrected chi connectivity index (χ4v) is 3.24. The van der Waals surface area contributed by atoms with E-state index in [1.54, 1.807) is 0 Å². The summed E-state index contributed by atoms with van der Waals surface area (Å²) in [5, 5.41) is 14.7. The number of carbonyl (C=O) groups is 4. The fourth-order valence-electron chi connectivity index (χ4n) is 3.24. The van der Waals surface area contributed by atoms with Crippen molar-refractivity contribution in [2.75, 3.05) is 13.1 Å². The maximum absolute atomic E-state index is 12.9. The van der Waals surface area contributed by atoms with Gasteiger partial charge in [0.1, 0.15) is 12.1 Å². The van der Waals surface area contributed by atoms with Crippen LogP contribution in [0.25, 0.3) is 0 Å². The minimum Gasteiger partial charge on any atom is -0.480 e. The number of hydrogen-bond donors (Lipinski definition) is 3. The highest BCUT2D eigenvalue weighted by atomic mass is 16.6. The molecule has 2 saturated heterocycles. The van der Waals surface area contributed by atoms with Crippen molar-refractivity contribution in [3.8, 4) is 0 Å². The second-order valence-corrected chi connectivity index (χ2v) is 7.17. The maximum Gasteiger partial charge on any atom is 0.326 e. The van der Waals surface area contributed by atoms with Crippen LogP contribution in [0.2, 0.25) is 0 Å².